The molecule has 5 nitrogen and oxygen atoms in total. The number of rotatable bonds is 4. The SMILES string of the molecule is CCOC(=O)c1cn2c(ccc3c(-c4ccc(Cl)cc4)cc(C4(F)CCC4)nc32)n1. The van der Waals surface area contributed by atoms with Crippen molar-refractivity contribution < 1.29 is 13.9 Å². The topological polar surface area (TPSA) is 56.5 Å². The van der Waals surface area contributed by atoms with E-state index in [4.69, 9.17) is 16.3 Å². The van der Waals surface area contributed by atoms with Gasteiger partial charge in [0, 0.05) is 16.6 Å². The van der Waals surface area contributed by atoms with Crippen molar-refractivity contribution in [2.75, 3.05) is 6.61 Å². The van der Waals surface area contributed by atoms with Crippen LogP contribution in [0.25, 0.3) is 27.8 Å². The highest BCUT2D eigenvalue weighted by molar-refractivity contribution is 6.30. The lowest BCUT2D eigenvalue weighted by Gasteiger charge is -2.33. The quantitative estimate of drug-likeness (QED) is 0.393. The van der Waals surface area contributed by atoms with Gasteiger partial charge in [-0.15, -0.1) is 0 Å². The van der Waals surface area contributed by atoms with Gasteiger partial charge in [-0.3, -0.25) is 4.40 Å². The van der Waals surface area contributed by atoms with Gasteiger partial charge in [-0.25, -0.2) is 19.2 Å². The molecule has 1 fully saturated rings. The molecule has 3 aromatic heterocycles. The van der Waals surface area contributed by atoms with Crippen LogP contribution in [-0.2, 0) is 10.4 Å². The van der Waals surface area contributed by atoms with Gasteiger partial charge in [0.2, 0.25) is 0 Å². The molecule has 0 saturated heterocycles. The van der Waals surface area contributed by atoms with Crippen LogP contribution in [0, 0.1) is 0 Å². The summed E-state index contributed by atoms with van der Waals surface area (Å²) in [6.45, 7) is 2.01. The average molecular weight is 424 g/mol. The molecule has 0 aliphatic heterocycles. The minimum absolute atomic E-state index is 0.197. The first-order chi connectivity index (χ1) is 14.5. The van der Waals surface area contributed by atoms with Crippen LogP contribution < -0.4 is 0 Å². The number of carbonyl (C=O) groups is 1. The van der Waals surface area contributed by atoms with Gasteiger partial charge in [0.15, 0.2) is 11.4 Å². The molecule has 0 spiro atoms. The van der Waals surface area contributed by atoms with Crippen molar-refractivity contribution in [3.05, 3.63) is 65.1 Å². The molecule has 1 aliphatic carbocycles. The lowest BCUT2D eigenvalue weighted by atomic mass is 9.78. The van der Waals surface area contributed by atoms with E-state index in [1.807, 2.05) is 42.5 Å². The van der Waals surface area contributed by atoms with E-state index >= 15 is 4.39 Å². The van der Waals surface area contributed by atoms with E-state index in [9.17, 15) is 4.79 Å². The van der Waals surface area contributed by atoms with Crippen molar-refractivity contribution >= 4 is 34.3 Å². The van der Waals surface area contributed by atoms with E-state index in [0.717, 1.165) is 22.9 Å². The molecule has 5 rings (SSSR count). The van der Waals surface area contributed by atoms with E-state index in [1.165, 1.54) is 0 Å². The van der Waals surface area contributed by atoms with Gasteiger partial charge in [-0.2, -0.15) is 0 Å². The van der Waals surface area contributed by atoms with E-state index in [1.54, 1.807) is 17.5 Å². The molecular formula is C23H19ClFN3O2. The first kappa shape index (κ1) is 19.0. The molecule has 30 heavy (non-hydrogen) atoms. The molecule has 0 bridgehead atoms. The maximum absolute atomic E-state index is 15.4. The second-order valence-corrected chi connectivity index (χ2v) is 7.96. The van der Waals surface area contributed by atoms with Crippen LogP contribution in [0.3, 0.4) is 0 Å². The Balaban J connectivity index is 1.78. The summed E-state index contributed by atoms with van der Waals surface area (Å²) in [6.07, 6.45) is 3.36. The molecule has 0 unspecified atom stereocenters. The van der Waals surface area contributed by atoms with Gasteiger partial charge in [0.1, 0.15) is 11.3 Å². The van der Waals surface area contributed by atoms with E-state index in [0.29, 0.717) is 34.9 Å². The van der Waals surface area contributed by atoms with Crippen LogP contribution in [0.5, 0.6) is 0 Å². The highest BCUT2D eigenvalue weighted by atomic mass is 35.5. The number of fused-ring (bicyclic) bond motifs is 3. The molecule has 0 atom stereocenters. The standard InChI is InChI=1S/C23H19ClFN3O2/c1-2-30-22(29)18-13-28-20(26-18)9-8-16-17(14-4-6-15(24)7-5-14)12-19(27-21(16)28)23(25)10-3-11-23/h4-9,12-13H,2-3,10-11H2,1H3. The van der Waals surface area contributed by atoms with Gasteiger partial charge >= 0.3 is 5.97 Å². The van der Waals surface area contributed by atoms with E-state index in [-0.39, 0.29) is 12.3 Å². The summed E-state index contributed by atoms with van der Waals surface area (Å²) in [7, 11) is 0. The number of nitrogens with zero attached hydrogens (tertiary/aromatic N) is 3. The Kier molecular flexibility index (Phi) is 4.47. The maximum atomic E-state index is 15.4. The minimum Gasteiger partial charge on any atom is -0.461 e. The average Bonchev–Trinajstić information content (AvgIpc) is 3.17. The molecule has 1 saturated carbocycles. The monoisotopic (exact) mass is 423 g/mol. The van der Waals surface area contributed by atoms with Gasteiger partial charge in [0.25, 0.3) is 0 Å². The molecule has 1 aromatic carbocycles. The van der Waals surface area contributed by atoms with Crippen molar-refractivity contribution in [2.24, 2.45) is 0 Å². The Morgan fingerprint density at radius 1 is 1.20 bits per heavy atom. The fourth-order valence-corrected chi connectivity index (χ4v) is 4.00. The van der Waals surface area contributed by atoms with E-state index < -0.39 is 11.6 Å². The molecule has 7 heteroatoms. The number of hydrogen-bond acceptors (Lipinski definition) is 4. The lowest BCUT2D eigenvalue weighted by Crippen LogP contribution is -2.30. The number of aromatic nitrogens is 3. The number of pyridine rings is 2. The van der Waals surface area contributed by atoms with Gasteiger partial charge in [-0.1, -0.05) is 23.7 Å². The molecule has 4 aromatic rings. The summed E-state index contributed by atoms with van der Waals surface area (Å²) in [4.78, 5) is 21.2. The molecule has 152 valence electrons. The summed E-state index contributed by atoms with van der Waals surface area (Å²) >= 11 is 6.06. The van der Waals surface area contributed by atoms with Crippen molar-refractivity contribution in [1.82, 2.24) is 14.4 Å². The number of imidazole rings is 1. The Morgan fingerprint density at radius 3 is 2.63 bits per heavy atom. The third-order valence-corrected chi connectivity index (χ3v) is 5.90. The summed E-state index contributed by atoms with van der Waals surface area (Å²) in [5.74, 6) is -0.496. The zero-order chi connectivity index (χ0) is 20.9. The Bertz CT molecular complexity index is 1280. The molecule has 3 heterocycles. The van der Waals surface area contributed by atoms with Crippen LogP contribution in [0.4, 0.5) is 4.39 Å². The van der Waals surface area contributed by atoms with Crippen LogP contribution in [0.2, 0.25) is 5.02 Å². The van der Waals surface area contributed by atoms with Crippen LogP contribution in [0.15, 0.2) is 48.7 Å². The number of hydrogen-bond donors (Lipinski definition) is 0. The number of alkyl halides is 1. The fourth-order valence-electron chi connectivity index (χ4n) is 3.87. The zero-order valence-electron chi connectivity index (χ0n) is 16.4. The first-order valence-corrected chi connectivity index (χ1v) is 10.3. The minimum atomic E-state index is -1.43. The molecule has 0 amide bonds. The van der Waals surface area contributed by atoms with Gasteiger partial charge in [0.05, 0.1) is 12.3 Å². The summed E-state index contributed by atoms with van der Waals surface area (Å²) in [5.41, 5.74) is 2.07. The largest absolute Gasteiger partial charge is 0.461 e. The second-order valence-electron chi connectivity index (χ2n) is 7.53. The van der Waals surface area contributed by atoms with Crippen molar-refractivity contribution in [2.45, 2.75) is 31.9 Å². The molecule has 0 N–H and O–H groups in total. The number of ether oxygens (including phenoxy) is 1. The fraction of sp³-hybridized carbons (Fsp3) is 0.261. The normalized spacial score (nSPS) is 15.3. The lowest BCUT2D eigenvalue weighted by molar-refractivity contribution is 0.0519. The van der Waals surface area contributed by atoms with Crippen LogP contribution >= 0.6 is 11.6 Å². The van der Waals surface area contributed by atoms with Crippen molar-refractivity contribution in [3.8, 4) is 11.1 Å². The number of esters is 1. The van der Waals surface area contributed by atoms with Crippen LogP contribution in [-0.4, -0.2) is 26.9 Å². The second kappa shape index (κ2) is 7.06. The van der Waals surface area contributed by atoms with Gasteiger partial charge in [-0.05, 0) is 67.6 Å². The first-order valence-electron chi connectivity index (χ1n) is 9.94. The van der Waals surface area contributed by atoms with Crippen molar-refractivity contribution in [3.63, 3.8) is 0 Å². The Morgan fingerprint density at radius 2 is 1.97 bits per heavy atom. The highest BCUT2D eigenvalue weighted by Crippen LogP contribution is 2.46. The highest BCUT2D eigenvalue weighted by Gasteiger charge is 2.41. The van der Waals surface area contributed by atoms with Crippen molar-refractivity contribution in [1.29, 1.82) is 0 Å². The summed E-state index contributed by atoms with van der Waals surface area (Å²) in [6, 6.07) is 13.0. The third-order valence-electron chi connectivity index (χ3n) is 5.64. The summed E-state index contributed by atoms with van der Waals surface area (Å²) in [5, 5.41) is 1.47. The molecular weight excluding hydrogens is 405 g/mol. The summed E-state index contributed by atoms with van der Waals surface area (Å²) < 4.78 is 22.2. The third kappa shape index (κ3) is 3.03. The smallest absolute Gasteiger partial charge is 0.358 e. The molecule has 0 radical (unpaired) electrons. The zero-order valence-corrected chi connectivity index (χ0v) is 17.1. The predicted molar refractivity (Wildman–Crippen MR) is 114 cm³/mol. The number of carbonyl (C=O) groups excluding carboxylic acids is 1. The molecule has 1 aliphatic rings. The van der Waals surface area contributed by atoms with Gasteiger partial charge < -0.3 is 4.74 Å². The Hall–Kier alpha value is -2.99. The maximum Gasteiger partial charge on any atom is 0.358 e. The van der Waals surface area contributed by atoms with E-state index in [2.05, 4.69) is 9.97 Å². The Labute approximate surface area is 177 Å². The van der Waals surface area contributed by atoms with Crippen LogP contribution in [0.1, 0.15) is 42.4 Å². The number of halogens is 2. The number of benzene rings is 1. The predicted octanol–water partition coefficient (Wildman–Crippen LogP) is 5.73.